The lowest BCUT2D eigenvalue weighted by atomic mass is 10.4. The van der Waals surface area contributed by atoms with Gasteiger partial charge in [-0.15, -0.1) is 4.73 Å². The lowest BCUT2D eigenvalue weighted by molar-refractivity contribution is 0.195. The van der Waals surface area contributed by atoms with Crippen molar-refractivity contribution in [1.29, 1.82) is 0 Å². The van der Waals surface area contributed by atoms with Crippen molar-refractivity contribution in [2.75, 3.05) is 0 Å². The van der Waals surface area contributed by atoms with Crippen molar-refractivity contribution in [3.63, 3.8) is 0 Å². The summed E-state index contributed by atoms with van der Waals surface area (Å²) in [5, 5.41) is 0. The molecular weight excluding hydrogens is 216 g/mol. The van der Waals surface area contributed by atoms with Gasteiger partial charge in [0.25, 0.3) is 5.56 Å². The summed E-state index contributed by atoms with van der Waals surface area (Å²) in [4.78, 5) is 20.7. The van der Waals surface area contributed by atoms with Crippen LogP contribution < -0.4 is 10.4 Å². The first-order valence-corrected chi connectivity index (χ1v) is 5.55. The minimum atomic E-state index is -0.221. The highest BCUT2D eigenvalue weighted by atomic mass is 16.7. The minimum absolute atomic E-state index is 0.221. The van der Waals surface area contributed by atoms with Gasteiger partial charge < -0.3 is 4.84 Å². The van der Waals surface area contributed by atoms with Crippen LogP contribution in [0.1, 0.15) is 19.5 Å². The summed E-state index contributed by atoms with van der Waals surface area (Å²) >= 11 is 0. The van der Waals surface area contributed by atoms with Crippen molar-refractivity contribution in [2.24, 2.45) is 0 Å². The van der Waals surface area contributed by atoms with E-state index in [0.29, 0.717) is 5.88 Å². The Labute approximate surface area is 100 Å². The first-order valence-electron chi connectivity index (χ1n) is 5.55. The fourth-order valence-electron chi connectivity index (χ4n) is 1.16. The molecule has 0 bridgehead atoms. The highest BCUT2D eigenvalue weighted by Crippen LogP contribution is 2.06. The topological polar surface area (TPSA) is 44.1 Å². The molecule has 0 unspecified atom stereocenters. The number of hydrogen-bond donors (Lipinski definition) is 0. The fraction of sp³-hybridized carbons (Fsp3) is 0.231. The molecule has 0 radical (unpaired) electrons. The van der Waals surface area contributed by atoms with Gasteiger partial charge in [0, 0.05) is 24.0 Å². The Morgan fingerprint density at radius 3 is 2.53 bits per heavy atom. The van der Waals surface area contributed by atoms with Crippen molar-refractivity contribution in [1.82, 2.24) is 9.71 Å². The van der Waals surface area contributed by atoms with Crippen molar-refractivity contribution < 1.29 is 4.84 Å². The third kappa shape index (κ3) is 3.75. The van der Waals surface area contributed by atoms with E-state index in [4.69, 9.17) is 4.84 Å². The molecule has 0 N–H and O–H groups in total. The van der Waals surface area contributed by atoms with Crippen LogP contribution in [0.2, 0.25) is 0 Å². The number of aromatic nitrogens is 2. The van der Waals surface area contributed by atoms with Crippen LogP contribution in [-0.2, 0) is 0 Å². The molecule has 0 aromatic carbocycles. The van der Waals surface area contributed by atoms with Gasteiger partial charge in [-0.3, -0.25) is 4.79 Å². The third-order valence-electron chi connectivity index (χ3n) is 1.84. The molecule has 0 saturated heterocycles. The molecule has 0 fully saturated rings. The summed E-state index contributed by atoms with van der Waals surface area (Å²) in [6, 6.07) is 10.2. The Morgan fingerprint density at radius 2 is 1.88 bits per heavy atom. The molecule has 0 atom stereocenters. The zero-order valence-corrected chi connectivity index (χ0v) is 10.3. The smallest absolute Gasteiger partial charge is 0.283 e. The second-order valence-electron chi connectivity index (χ2n) is 3.07. The van der Waals surface area contributed by atoms with Crippen LogP contribution in [-0.4, -0.2) is 9.71 Å². The molecule has 90 valence electrons. The number of hydrogen-bond acceptors (Lipinski definition) is 3. The predicted octanol–water partition coefficient (Wildman–Crippen LogP) is 2.42. The normalized spacial score (nSPS) is 9.12. The maximum Gasteiger partial charge on any atom is 0.283 e. The zero-order chi connectivity index (χ0) is 12.7. The summed E-state index contributed by atoms with van der Waals surface area (Å²) in [6.07, 6.45) is 1.55. The molecule has 4 nitrogen and oxygen atoms in total. The van der Waals surface area contributed by atoms with E-state index in [-0.39, 0.29) is 5.56 Å². The van der Waals surface area contributed by atoms with Crippen LogP contribution in [0.25, 0.3) is 0 Å². The summed E-state index contributed by atoms with van der Waals surface area (Å²) < 4.78 is 1.14. The van der Waals surface area contributed by atoms with Crippen molar-refractivity contribution in [2.45, 2.75) is 20.8 Å². The first-order chi connectivity index (χ1) is 8.25. The summed E-state index contributed by atoms with van der Waals surface area (Å²) in [5.41, 5.74) is 0.622. The average Bonchev–Trinajstić information content (AvgIpc) is 2.35. The standard InChI is InChI=1S/C11H10N2O2.C2H6/c1-9-5-4-6-10(12-9)15-13-8-3-2-7-11(13)14;1-2/h2-8H,1H3;1-2H3. The molecule has 2 aromatic heterocycles. The number of pyridine rings is 2. The van der Waals surface area contributed by atoms with Gasteiger partial charge >= 0.3 is 0 Å². The number of nitrogens with zero attached hydrogens (tertiary/aromatic N) is 2. The summed E-state index contributed by atoms with van der Waals surface area (Å²) in [5.74, 6) is 0.406. The van der Waals surface area contributed by atoms with Crippen LogP contribution in [0.15, 0.2) is 47.4 Å². The maximum atomic E-state index is 11.3. The van der Waals surface area contributed by atoms with Crippen LogP contribution >= 0.6 is 0 Å². The van der Waals surface area contributed by atoms with E-state index in [1.54, 1.807) is 24.4 Å². The highest BCUT2D eigenvalue weighted by molar-refractivity contribution is 5.14. The van der Waals surface area contributed by atoms with E-state index in [1.807, 2.05) is 32.9 Å². The Kier molecular flexibility index (Phi) is 4.94. The van der Waals surface area contributed by atoms with Crippen molar-refractivity contribution >= 4 is 0 Å². The second-order valence-corrected chi connectivity index (χ2v) is 3.07. The van der Waals surface area contributed by atoms with Crippen LogP contribution in [0.5, 0.6) is 5.88 Å². The van der Waals surface area contributed by atoms with Gasteiger partial charge in [-0.05, 0) is 19.1 Å². The Balaban J connectivity index is 0.000000686. The Morgan fingerprint density at radius 1 is 1.12 bits per heavy atom. The van der Waals surface area contributed by atoms with Gasteiger partial charge in [-0.1, -0.05) is 26.0 Å². The number of aryl methyl sites for hydroxylation is 1. The molecule has 2 aromatic rings. The largest absolute Gasteiger partial charge is 0.352 e. The Bertz CT molecular complexity index is 521. The van der Waals surface area contributed by atoms with E-state index >= 15 is 0 Å². The quantitative estimate of drug-likeness (QED) is 0.798. The maximum absolute atomic E-state index is 11.3. The summed E-state index contributed by atoms with van der Waals surface area (Å²) in [7, 11) is 0. The van der Waals surface area contributed by atoms with Crippen LogP contribution in [0.4, 0.5) is 0 Å². The van der Waals surface area contributed by atoms with Crippen molar-refractivity contribution in [3.05, 3.63) is 58.6 Å². The van der Waals surface area contributed by atoms with Gasteiger partial charge in [-0.25, -0.2) is 4.98 Å². The molecule has 0 aliphatic carbocycles. The predicted molar refractivity (Wildman–Crippen MR) is 67.1 cm³/mol. The molecular formula is C13H16N2O2. The fourth-order valence-corrected chi connectivity index (χ4v) is 1.16. The molecule has 0 amide bonds. The van der Waals surface area contributed by atoms with E-state index in [1.165, 1.54) is 6.07 Å². The van der Waals surface area contributed by atoms with Gasteiger partial charge in [0.1, 0.15) is 0 Å². The summed E-state index contributed by atoms with van der Waals surface area (Å²) in [6.45, 7) is 5.86. The molecule has 0 aliphatic rings. The van der Waals surface area contributed by atoms with E-state index in [2.05, 4.69) is 4.98 Å². The monoisotopic (exact) mass is 232 g/mol. The lowest BCUT2D eigenvalue weighted by Crippen LogP contribution is -2.22. The molecule has 4 heteroatoms. The van der Waals surface area contributed by atoms with Gasteiger partial charge in [-0.2, -0.15) is 0 Å². The first kappa shape index (κ1) is 13.0. The van der Waals surface area contributed by atoms with Crippen LogP contribution in [0.3, 0.4) is 0 Å². The Hall–Kier alpha value is -2.10. The second kappa shape index (κ2) is 6.48. The molecule has 17 heavy (non-hydrogen) atoms. The van der Waals surface area contributed by atoms with Gasteiger partial charge in [0.05, 0.1) is 0 Å². The molecule has 2 heterocycles. The van der Waals surface area contributed by atoms with Crippen molar-refractivity contribution in [3.8, 4) is 5.88 Å². The van der Waals surface area contributed by atoms with Gasteiger partial charge in [0.15, 0.2) is 0 Å². The number of rotatable bonds is 2. The minimum Gasteiger partial charge on any atom is -0.352 e. The zero-order valence-electron chi connectivity index (χ0n) is 10.3. The van der Waals surface area contributed by atoms with Gasteiger partial charge in [0.2, 0.25) is 5.88 Å². The molecule has 2 rings (SSSR count). The lowest BCUT2D eigenvalue weighted by Gasteiger charge is -2.05. The van der Waals surface area contributed by atoms with E-state index < -0.39 is 0 Å². The molecule has 0 aliphatic heterocycles. The van der Waals surface area contributed by atoms with Crippen LogP contribution in [0, 0.1) is 6.92 Å². The van der Waals surface area contributed by atoms with E-state index in [0.717, 1.165) is 10.4 Å². The molecule has 0 saturated carbocycles. The van der Waals surface area contributed by atoms with E-state index in [9.17, 15) is 4.79 Å². The molecule has 0 spiro atoms. The average molecular weight is 232 g/mol. The highest BCUT2D eigenvalue weighted by Gasteiger charge is 1.98. The SMILES string of the molecule is CC.Cc1cccc(On2ccccc2=O)n1. The third-order valence-corrected chi connectivity index (χ3v) is 1.84.